The first kappa shape index (κ1) is 19.5. The fourth-order valence-electron chi connectivity index (χ4n) is 4.24. The van der Waals surface area contributed by atoms with Crippen LogP contribution in [0.4, 0.5) is 17.1 Å². The summed E-state index contributed by atoms with van der Waals surface area (Å²) in [5.41, 5.74) is 6.74. The number of anilines is 3. The van der Waals surface area contributed by atoms with Gasteiger partial charge in [0.05, 0.1) is 18.8 Å². The van der Waals surface area contributed by atoms with E-state index in [2.05, 4.69) is 63.6 Å². The van der Waals surface area contributed by atoms with Gasteiger partial charge in [-0.2, -0.15) is 0 Å². The molecule has 0 saturated carbocycles. The molecule has 0 bridgehead atoms. The van der Waals surface area contributed by atoms with Gasteiger partial charge in [0.1, 0.15) is 11.9 Å². The van der Waals surface area contributed by atoms with Crippen molar-refractivity contribution in [3.05, 3.63) is 78.2 Å². The minimum Gasteiger partial charge on any atom is -0.484 e. The van der Waals surface area contributed by atoms with Gasteiger partial charge in [-0.05, 0) is 48.7 Å². The van der Waals surface area contributed by atoms with Crippen LogP contribution >= 0.6 is 0 Å². The Hall–Kier alpha value is -3.51. The zero-order chi connectivity index (χ0) is 21.2. The van der Waals surface area contributed by atoms with Crippen LogP contribution in [-0.4, -0.2) is 40.9 Å². The lowest BCUT2D eigenvalue weighted by Crippen LogP contribution is -2.42. The third kappa shape index (κ3) is 3.94. The number of benzene rings is 2. The van der Waals surface area contributed by atoms with Crippen LogP contribution in [0.25, 0.3) is 10.9 Å². The summed E-state index contributed by atoms with van der Waals surface area (Å²) in [5, 5.41) is 14.4. The van der Waals surface area contributed by atoms with Crippen molar-refractivity contribution in [1.29, 1.82) is 0 Å². The number of ether oxygens (including phenoxy) is 1. The van der Waals surface area contributed by atoms with Crippen LogP contribution in [0.15, 0.2) is 67.1 Å². The maximum absolute atomic E-state index is 9.78. The number of nitrogens with zero attached hydrogens (tertiary/aromatic N) is 2. The molecule has 0 amide bonds. The number of aromatic amines is 1. The summed E-state index contributed by atoms with van der Waals surface area (Å²) >= 11 is 0. The van der Waals surface area contributed by atoms with Crippen molar-refractivity contribution in [2.45, 2.75) is 19.4 Å². The van der Waals surface area contributed by atoms with Crippen LogP contribution < -0.4 is 15.0 Å². The Bertz CT molecular complexity index is 1190. The molecule has 5 rings (SSSR count). The van der Waals surface area contributed by atoms with Gasteiger partial charge in [-0.15, -0.1) is 0 Å². The average Bonchev–Trinajstić information content (AvgIpc) is 3.22. The maximum Gasteiger partial charge on any atom is 0.145 e. The standard InChI is InChI=1S/C25H26N4O2/c1-17-3-2-4-22-18(14-27-25(17)22)9-12-29-15-21(16-30)31-24-13-20(5-6-23(24)29)28-19-7-10-26-11-8-19/h2-8,10-11,13-14,21,27,30H,9,12,15-16H2,1H3,(H,26,28). The summed E-state index contributed by atoms with van der Waals surface area (Å²) in [6.07, 6.45) is 6.30. The zero-order valence-corrected chi connectivity index (χ0v) is 17.5. The zero-order valence-electron chi connectivity index (χ0n) is 17.5. The summed E-state index contributed by atoms with van der Waals surface area (Å²) in [6.45, 7) is 3.64. The van der Waals surface area contributed by atoms with Crippen molar-refractivity contribution >= 4 is 28.0 Å². The molecule has 6 heteroatoms. The summed E-state index contributed by atoms with van der Waals surface area (Å²) in [6, 6.07) is 16.4. The molecule has 4 aromatic rings. The second-order valence-corrected chi connectivity index (χ2v) is 7.97. The molecule has 2 aromatic heterocycles. The first-order chi connectivity index (χ1) is 15.2. The van der Waals surface area contributed by atoms with E-state index in [-0.39, 0.29) is 12.7 Å². The van der Waals surface area contributed by atoms with Crippen molar-refractivity contribution in [2.75, 3.05) is 29.9 Å². The molecule has 0 spiro atoms. The Kier molecular flexibility index (Phi) is 5.22. The molecule has 1 unspecified atom stereocenters. The molecule has 0 aliphatic carbocycles. The number of rotatable bonds is 6. The van der Waals surface area contributed by atoms with E-state index in [1.807, 2.05) is 18.2 Å². The second-order valence-electron chi connectivity index (χ2n) is 7.97. The largest absolute Gasteiger partial charge is 0.484 e. The topological polar surface area (TPSA) is 73.4 Å². The Labute approximate surface area is 181 Å². The maximum atomic E-state index is 9.78. The van der Waals surface area contributed by atoms with Gasteiger partial charge in [0, 0.05) is 53.5 Å². The van der Waals surface area contributed by atoms with E-state index in [9.17, 15) is 5.11 Å². The summed E-state index contributed by atoms with van der Waals surface area (Å²) in [5.74, 6) is 0.791. The van der Waals surface area contributed by atoms with E-state index in [0.717, 1.165) is 35.8 Å². The van der Waals surface area contributed by atoms with E-state index in [1.165, 1.54) is 22.0 Å². The van der Waals surface area contributed by atoms with Crippen molar-refractivity contribution in [2.24, 2.45) is 0 Å². The van der Waals surface area contributed by atoms with Crippen LogP contribution in [0.3, 0.4) is 0 Å². The van der Waals surface area contributed by atoms with Gasteiger partial charge in [-0.1, -0.05) is 18.2 Å². The van der Waals surface area contributed by atoms with Gasteiger partial charge in [0.2, 0.25) is 0 Å². The van der Waals surface area contributed by atoms with Crippen molar-refractivity contribution < 1.29 is 9.84 Å². The van der Waals surface area contributed by atoms with Crippen molar-refractivity contribution in [1.82, 2.24) is 9.97 Å². The highest BCUT2D eigenvalue weighted by molar-refractivity contribution is 5.86. The lowest BCUT2D eigenvalue weighted by atomic mass is 10.1. The third-order valence-electron chi connectivity index (χ3n) is 5.85. The molecular formula is C25H26N4O2. The number of aliphatic hydroxyl groups excluding tert-OH is 1. The summed E-state index contributed by atoms with van der Waals surface area (Å²) in [7, 11) is 0. The van der Waals surface area contributed by atoms with Gasteiger partial charge in [0.25, 0.3) is 0 Å². The van der Waals surface area contributed by atoms with E-state index in [0.29, 0.717) is 6.54 Å². The second kappa shape index (κ2) is 8.32. The van der Waals surface area contributed by atoms with Gasteiger partial charge >= 0.3 is 0 Å². The normalized spacial score (nSPS) is 15.5. The molecule has 0 radical (unpaired) electrons. The van der Waals surface area contributed by atoms with E-state index < -0.39 is 0 Å². The SMILES string of the molecule is Cc1cccc2c(CCN3CC(CO)Oc4cc(Nc5ccncc5)ccc43)c[nH]c12. The van der Waals surface area contributed by atoms with Gasteiger partial charge in [-0.3, -0.25) is 4.98 Å². The highest BCUT2D eigenvalue weighted by Crippen LogP contribution is 2.37. The highest BCUT2D eigenvalue weighted by atomic mass is 16.5. The fraction of sp³-hybridized carbons (Fsp3) is 0.240. The first-order valence-electron chi connectivity index (χ1n) is 10.6. The Balaban J connectivity index is 1.37. The predicted octanol–water partition coefficient (Wildman–Crippen LogP) is 4.42. The summed E-state index contributed by atoms with van der Waals surface area (Å²) in [4.78, 5) is 9.78. The highest BCUT2D eigenvalue weighted by Gasteiger charge is 2.25. The lowest BCUT2D eigenvalue weighted by Gasteiger charge is -2.36. The van der Waals surface area contributed by atoms with E-state index >= 15 is 0 Å². The van der Waals surface area contributed by atoms with Gasteiger partial charge in [0.15, 0.2) is 0 Å². The Morgan fingerprint density at radius 3 is 2.87 bits per heavy atom. The monoisotopic (exact) mass is 414 g/mol. The molecule has 1 aliphatic heterocycles. The number of hydrogen-bond acceptors (Lipinski definition) is 5. The average molecular weight is 415 g/mol. The van der Waals surface area contributed by atoms with Crippen LogP contribution in [0.5, 0.6) is 5.75 Å². The number of fused-ring (bicyclic) bond motifs is 2. The number of H-pyrrole nitrogens is 1. The molecule has 0 fully saturated rings. The van der Waals surface area contributed by atoms with Crippen molar-refractivity contribution in [3.8, 4) is 5.75 Å². The number of aliphatic hydroxyl groups is 1. The lowest BCUT2D eigenvalue weighted by molar-refractivity contribution is 0.112. The van der Waals surface area contributed by atoms with Gasteiger partial charge in [-0.25, -0.2) is 0 Å². The minimum absolute atomic E-state index is 0.00969. The third-order valence-corrected chi connectivity index (χ3v) is 5.85. The van der Waals surface area contributed by atoms with Crippen LogP contribution in [0, 0.1) is 6.92 Å². The molecule has 1 aliphatic rings. The molecule has 3 heterocycles. The Morgan fingerprint density at radius 2 is 2.03 bits per heavy atom. The number of para-hydroxylation sites is 1. The molecule has 6 nitrogen and oxygen atoms in total. The van der Waals surface area contributed by atoms with Crippen molar-refractivity contribution in [3.63, 3.8) is 0 Å². The fourth-order valence-corrected chi connectivity index (χ4v) is 4.24. The number of nitrogens with one attached hydrogen (secondary N) is 2. The van der Waals surface area contributed by atoms with Crippen LogP contribution in [-0.2, 0) is 6.42 Å². The van der Waals surface area contributed by atoms with Crippen LogP contribution in [0.2, 0.25) is 0 Å². The first-order valence-corrected chi connectivity index (χ1v) is 10.6. The smallest absolute Gasteiger partial charge is 0.145 e. The minimum atomic E-state index is -0.242. The number of pyridine rings is 1. The molecule has 1 atom stereocenters. The number of aromatic nitrogens is 2. The molecule has 3 N–H and O–H groups in total. The molecule has 0 saturated heterocycles. The number of hydrogen-bond donors (Lipinski definition) is 3. The molecule has 31 heavy (non-hydrogen) atoms. The summed E-state index contributed by atoms with van der Waals surface area (Å²) < 4.78 is 6.06. The molecule has 2 aromatic carbocycles. The molecule has 158 valence electrons. The Morgan fingerprint density at radius 1 is 1.16 bits per heavy atom. The van der Waals surface area contributed by atoms with Crippen LogP contribution in [0.1, 0.15) is 11.1 Å². The quantitative estimate of drug-likeness (QED) is 0.436. The predicted molar refractivity (Wildman–Crippen MR) is 124 cm³/mol. The van der Waals surface area contributed by atoms with E-state index in [1.54, 1.807) is 12.4 Å². The van der Waals surface area contributed by atoms with Gasteiger partial charge < -0.3 is 25.0 Å². The molecular weight excluding hydrogens is 388 g/mol. The van der Waals surface area contributed by atoms with E-state index in [4.69, 9.17) is 4.74 Å². The number of aryl methyl sites for hydroxylation is 1.